The van der Waals surface area contributed by atoms with Crippen molar-refractivity contribution in [2.45, 2.75) is 13.8 Å². The minimum atomic E-state index is -0.641. The lowest BCUT2D eigenvalue weighted by Crippen LogP contribution is -2.08. The third-order valence-electron chi connectivity index (χ3n) is 4.37. The molecule has 8 nitrogen and oxygen atoms in total. The van der Waals surface area contributed by atoms with E-state index in [9.17, 15) is 14.9 Å². The van der Waals surface area contributed by atoms with Gasteiger partial charge in [0.15, 0.2) is 17.2 Å². The highest BCUT2D eigenvalue weighted by Crippen LogP contribution is 2.35. The molecule has 0 saturated heterocycles. The molecule has 0 radical (unpaired) electrons. The lowest BCUT2D eigenvalue weighted by atomic mass is 10.1. The monoisotopic (exact) mass is 534 g/mol. The Hall–Kier alpha value is -3.21. The van der Waals surface area contributed by atoms with E-state index in [0.29, 0.717) is 34.8 Å². The fourth-order valence-corrected chi connectivity index (χ4v) is 3.67. The highest BCUT2D eigenvalue weighted by molar-refractivity contribution is 14.1. The summed E-state index contributed by atoms with van der Waals surface area (Å²) in [6.45, 7) is 7.63. The molecule has 3 rings (SSSR count). The summed E-state index contributed by atoms with van der Waals surface area (Å²) >= 11 is 2.12. The predicted octanol–water partition coefficient (Wildman–Crippen LogP) is 4.82. The second kappa shape index (κ2) is 9.29. The maximum atomic E-state index is 12.4. The van der Waals surface area contributed by atoms with Crippen molar-refractivity contribution in [1.82, 2.24) is 0 Å². The number of carbonyl (C=O) groups excluding carboxylic acids is 1. The molecule has 0 aromatic heterocycles. The highest BCUT2D eigenvalue weighted by atomic mass is 127. The first-order valence-electron chi connectivity index (χ1n) is 9.13. The molecule has 0 spiro atoms. The number of nitrogens with zero attached hydrogens (tertiary/aromatic N) is 2. The molecular formula is C22H19IN2O6. The number of methoxy groups -OCH3 is 1. The van der Waals surface area contributed by atoms with Crippen LogP contribution < -0.4 is 9.47 Å². The Morgan fingerprint density at radius 2 is 2.13 bits per heavy atom. The van der Waals surface area contributed by atoms with Crippen LogP contribution in [0.5, 0.6) is 11.5 Å². The molecule has 1 aliphatic heterocycles. The van der Waals surface area contributed by atoms with Gasteiger partial charge >= 0.3 is 5.97 Å². The Balaban J connectivity index is 1.97. The number of benzene rings is 2. The zero-order valence-electron chi connectivity index (χ0n) is 17.1. The van der Waals surface area contributed by atoms with Gasteiger partial charge in [0.05, 0.1) is 15.6 Å². The molecule has 2 aromatic rings. The molecule has 9 heteroatoms. The van der Waals surface area contributed by atoms with Crippen molar-refractivity contribution in [2.75, 3.05) is 13.7 Å². The number of aliphatic imine (C=N–C) groups is 1. The van der Waals surface area contributed by atoms with E-state index in [1.54, 1.807) is 25.1 Å². The topological polar surface area (TPSA) is 100 Å². The first kappa shape index (κ1) is 22.5. The number of rotatable bonds is 7. The molecule has 0 N–H and O–H groups in total. The van der Waals surface area contributed by atoms with E-state index in [1.165, 1.54) is 19.2 Å². The predicted molar refractivity (Wildman–Crippen MR) is 124 cm³/mol. The number of nitro benzene ring substituents is 1. The van der Waals surface area contributed by atoms with E-state index in [2.05, 4.69) is 34.2 Å². The van der Waals surface area contributed by atoms with Gasteiger partial charge in [0.2, 0.25) is 5.90 Å². The van der Waals surface area contributed by atoms with E-state index in [-0.39, 0.29) is 17.3 Å². The zero-order valence-corrected chi connectivity index (χ0v) is 19.3. The number of cyclic esters (lactones) is 1. The van der Waals surface area contributed by atoms with Crippen LogP contribution in [0.1, 0.15) is 23.6 Å². The smallest absolute Gasteiger partial charge is 0.363 e. The number of nitro groups is 1. The van der Waals surface area contributed by atoms with Crippen LogP contribution in [0.3, 0.4) is 0 Å². The van der Waals surface area contributed by atoms with Crippen molar-refractivity contribution < 1.29 is 23.9 Å². The third kappa shape index (κ3) is 4.93. The van der Waals surface area contributed by atoms with Gasteiger partial charge in [0.25, 0.3) is 5.69 Å². The molecule has 0 fully saturated rings. The van der Waals surface area contributed by atoms with Crippen molar-refractivity contribution in [3.63, 3.8) is 0 Å². The largest absolute Gasteiger partial charge is 0.493 e. The number of carbonyl (C=O) groups is 1. The molecule has 0 atom stereocenters. The molecule has 31 heavy (non-hydrogen) atoms. The summed E-state index contributed by atoms with van der Waals surface area (Å²) in [4.78, 5) is 27.3. The summed E-state index contributed by atoms with van der Waals surface area (Å²) < 4.78 is 17.2. The van der Waals surface area contributed by atoms with Crippen LogP contribution in [0.25, 0.3) is 6.08 Å². The van der Waals surface area contributed by atoms with Crippen LogP contribution >= 0.6 is 22.6 Å². The first-order valence-corrected chi connectivity index (χ1v) is 10.2. The molecule has 0 amide bonds. The Morgan fingerprint density at radius 3 is 2.77 bits per heavy atom. The fourth-order valence-electron chi connectivity index (χ4n) is 2.89. The maximum absolute atomic E-state index is 12.4. The minimum absolute atomic E-state index is 0.0283. The number of halogens is 1. The van der Waals surface area contributed by atoms with Gasteiger partial charge in [-0.25, -0.2) is 9.79 Å². The molecule has 1 aliphatic rings. The van der Waals surface area contributed by atoms with E-state index < -0.39 is 10.9 Å². The number of hydrogen-bond donors (Lipinski definition) is 0. The van der Waals surface area contributed by atoms with Crippen LogP contribution in [0.15, 0.2) is 53.2 Å². The van der Waals surface area contributed by atoms with Gasteiger partial charge in [-0.1, -0.05) is 12.6 Å². The fraction of sp³-hybridized carbons (Fsp3) is 0.182. The van der Waals surface area contributed by atoms with Gasteiger partial charge < -0.3 is 14.2 Å². The van der Waals surface area contributed by atoms with E-state index in [1.807, 2.05) is 13.0 Å². The molecule has 0 unspecified atom stereocenters. The van der Waals surface area contributed by atoms with Gasteiger partial charge in [-0.15, -0.1) is 0 Å². The van der Waals surface area contributed by atoms with Gasteiger partial charge in [-0.05, 0) is 71.9 Å². The van der Waals surface area contributed by atoms with E-state index in [4.69, 9.17) is 14.2 Å². The van der Waals surface area contributed by atoms with Gasteiger partial charge in [0, 0.05) is 17.2 Å². The zero-order chi connectivity index (χ0) is 22.7. The second-order valence-corrected chi connectivity index (χ2v) is 7.98. The van der Waals surface area contributed by atoms with Crippen LogP contribution in [0.2, 0.25) is 0 Å². The average molecular weight is 534 g/mol. The normalized spacial score (nSPS) is 14.3. The molecule has 2 aromatic carbocycles. The average Bonchev–Trinajstić information content (AvgIpc) is 3.06. The van der Waals surface area contributed by atoms with Gasteiger partial charge in [0.1, 0.15) is 6.61 Å². The summed E-state index contributed by atoms with van der Waals surface area (Å²) in [6, 6.07) is 8.08. The molecule has 0 saturated carbocycles. The Labute approximate surface area is 192 Å². The number of hydrogen-bond acceptors (Lipinski definition) is 7. The van der Waals surface area contributed by atoms with Crippen molar-refractivity contribution in [2.24, 2.45) is 4.99 Å². The van der Waals surface area contributed by atoms with Crippen molar-refractivity contribution in [3.05, 3.63) is 78.6 Å². The van der Waals surface area contributed by atoms with Gasteiger partial charge in [-0.3, -0.25) is 10.1 Å². The Kier molecular flexibility index (Phi) is 6.74. The minimum Gasteiger partial charge on any atom is -0.493 e. The molecule has 0 aliphatic carbocycles. The van der Waals surface area contributed by atoms with Crippen LogP contribution in [-0.4, -0.2) is 30.5 Å². The quantitative estimate of drug-likeness (QED) is 0.126. The molecule has 1 heterocycles. The van der Waals surface area contributed by atoms with Crippen molar-refractivity contribution in [1.29, 1.82) is 0 Å². The van der Waals surface area contributed by atoms with Crippen molar-refractivity contribution in [3.8, 4) is 11.5 Å². The summed E-state index contributed by atoms with van der Waals surface area (Å²) in [6.07, 6.45) is 1.56. The Bertz CT molecular complexity index is 1150. The summed E-state index contributed by atoms with van der Waals surface area (Å²) in [5.41, 5.74) is 2.30. The summed E-state index contributed by atoms with van der Waals surface area (Å²) in [5.74, 6) is 0.474. The van der Waals surface area contributed by atoms with Crippen LogP contribution in [0.4, 0.5) is 5.69 Å². The standard InChI is InChI=1S/C22H19IN2O6/c1-12(2)11-30-20-16(23)8-14(10-19(20)29-4)9-17-22(26)31-21(24-17)15-6-5-7-18(13(15)3)25(27)28/h5-10H,1,11H2,2-4H3/b17-9-. The lowest BCUT2D eigenvalue weighted by molar-refractivity contribution is -0.385. The number of ether oxygens (including phenoxy) is 3. The molecule has 160 valence electrons. The molecule has 0 bridgehead atoms. The van der Waals surface area contributed by atoms with Gasteiger partial charge in [-0.2, -0.15) is 0 Å². The van der Waals surface area contributed by atoms with Crippen molar-refractivity contribution >= 4 is 46.2 Å². The SMILES string of the molecule is C=C(C)COc1c(I)cc(/C=C2\N=C(c3cccc([N+](=O)[O-])c3C)OC2=O)cc1OC. The van der Waals surface area contributed by atoms with E-state index in [0.717, 1.165) is 9.14 Å². The summed E-state index contributed by atoms with van der Waals surface area (Å²) in [7, 11) is 1.53. The summed E-state index contributed by atoms with van der Waals surface area (Å²) in [5, 5.41) is 11.2. The lowest BCUT2D eigenvalue weighted by Gasteiger charge is -2.13. The molecular weight excluding hydrogens is 515 g/mol. The Morgan fingerprint density at radius 1 is 1.39 bits per heavy atom. The van der Waals surface area contributed by atoms with Crippen LogP contribution in [-0.2, 0) is 9.53 Å². The first-order chi connectivity index (χ1) is 14.7. The van der Waals surface area contributed by atoms with E-state index >= 15 is 0 Å². The number of esters is 1. The highest BCUT2D eigenvalue weighted by Gasteiger charge is 2.27. The third-order valence-corrected chi connectivity index (χ3v) is 5.17. The second-order valence-electron chi connectivity index (χ2n) is 6.82. The van der Waals surface area contributed by atoms with Crippen LogP contribution in [0, 0.1) is 20.6 Å². The maximum Gasteiger partial charge on any atom is 0.363 e.